The van der Waals surface area contributed by atoms with Crippen molar-refractivity contribution in [3.63, 3.8) is 0 Å². The van der Waals surface area contributed by atoms with Gasteiger partial charge in [-0.3, -0.25) is 19.4 Å². The van der Waals surface area contributed by atoms with E-state index in [0.29, 0.717) is 18.4 Å². The van der Waals surface area contributed by atoms with E-state index >= 15 is 0 Å². The normalized spacial score (nSPS) is 24.4. The Bertz CT molecular complexity index is 1250. The monoisotopic (exact) mass is 560 g/mol. The van der Waals surface area contributed by atoms with Crippen molar-refractivity contribution in [1.82, 2.24) is 9.80 Å². The number of halogens is 1. The highest BCUT2D eigenvalue weighted by Crippen LogP contribution is 2.52. The van der Waals surface area contributed by atoms with E-state index in [0.717, 1.165) is 77.0 Å². The number of hydrogen-bond donors (Lipinski definition) is 1. The number of likely N-dealkylation sites (tertiary alicyclic amines) is 1. The van der Waals surface area contributed by atoms with Gasteiger partial charge in [-0.25, -0.2) is 0 Å². The van der Waals surface area contributed by atoms with Gasteiger partial charge in [-0.2, -0.15) is 0 Å². The van der Waals surface area contributed by atoms with Gasteiger partial charge in [0.05, 0.1) is 0 Å². The molecule has 2 amide bonds. The minimum absolute atomic E-state index is 0. The molecule has 0 radical (unpaired) electrons. The Balaban J connectivity index is 0.00000336. The number of thioether (sulfide) groups is 1. The summed E-state index contributed by atoms with van der Waals surface area (Å²) < 4.78 is 12.7. The summed E-state index contributed by atoms with van der Waals surface area (Å²) in [6, 6.07) is 7.80. The van der Waals surface area contributed by atoms with Crippen LogP contribution < -0.4 is 9.47 Å². The van der Waals surface area contributed by atoms with Crippen LogP contribution in [0.15, 0.2) is 24.3 Å². The maximum Gasteiger partial charge on any atom is 0.289 e. The number of nitrogens with zero attached hydrogens (tertiary/aromatic N) is 2. The van der Waals surface area contributed by atoms with Crippen molar-refractivity contribution < 1.29 is 24.2 Å². The van der Waals surface area contributed by atoms with Gasteiger partial charge >= 0.3 is 0 Å². The van der Waals surface area contributed by atoms with E-state index in [4.69, 9.17) is 9.47 Å². The summed E-state index contributed by atoms with van der Waals surface area (Å²) in [5.74, 6) is 2.03. The van der Waals surface area contributed by atoms with Gasteiger partial charge in [0.1, 0.15) is 34.7 Å². The van der Waals surface area contributed by atoms with Crippen molar-refractivity contribution in [1.29, 1.82) is 0 Å². The molecule has 38 heavy (non-hydrogen) atoms. The van der Waals surface area contributed by atoms with E-state index in [1.807, 2.05) is 45.0 Å². The Hall–Kier alpha value is -2.42. The lowest BCUT2D eigenvalue weighted by molar-refractivity contribution is -0.125. The number of phenolic OH excluding ortho intramolecular Hbond substituents is 1. The number of phenols is 1. The van der Waals surface area contributed by atoms with Crippen molar-refractivity contribution >= 4 is 35.3 Å². The average Bonchev–Trinajstić information content (AvgIpc) is 3.51. The molecule has 206 valence electrons. The van der Waals surface area contributed by atoms with Crippen molar-refractivity contribution in [2.24, 2.45) is 0 Å². The van der Waals surface area contributed by atoms with E-state index in [9.17, 15) is 14.7 Å². The molecule has 1 N–H and O–H groups in total. The molecule has 9 heteroatoms. The molecule has 2 unspecified atom stereocenters. The van der Waals surface area contributed by atoms with Gasteiger partial charge in [0.2, 0.25) is 5.91 Å². The summed E-state index contributed by atoms with van der Waals surface area (Å²) >= 11 is 1.05. The van der Waals surface area contributed by atoms with Gasteiger partial charge in [-0.15, -0.1) is 12.4 Å². The van der Waals surface area contributed by atoms with Crippen molar-refractivity contribution in [3.05, 3.63) is 52.1 Å². The molecule has 0 aromatic heterocycles. The van der Waals surface area contributed by atoms with Gasteiger partial charge in [0.15, 0.2) is 0 Å². The molecular formula is C29H37ClN2O5S. The first kappa shape index (κ1) is 28.6. The first-order chi connectivity index (χ1) is 17.5. The van der Waals surface area contributed by atoms with Gasteiger partial charge in [0, 0.05) is 31.1 Å². The summed E-state index contributed by atoms with van der Waals surface area (Å²) in [6.07, 6.45) is 2.19. The van der Waals surface area contributed by atoms with E-state index in [-0.39, 0.29) is 35.1 Å². The number of aromatic hydroxyl groups is 1. The highest BCUT2D eigenvalue weighted by atomic mass is 35.5. The Morgan fingerprint density at radius 1 is 1.11 bits per heavy atom. The fourth-order valence-corrected chi connectivity index (χ4v) is 6.87. The number of carbonyl (C=O) groups excluding carboxylic acids is 2. The molecule has 3 aliphatic rings. The third-order valence-corrected chi connectivity index (χ3v) is 9.59. The largest absolute Gasteiger partial charge is 0.507 e. The Kier molecular flexibility index (Phi) is 7.99. The van der Waals surface area contributed by atoms with Crippen molar-refractivity contribution in [3.8, 4) is 17.2 Å². The number of amides is 2. The van der Waals surface area contributed by atoms with E-state index in [1.165, 1.54) is 11.9 Å². The highest BCUT2D eigenvalue weighted by molar-refractivity contribution is 8.14. The molecule has 0 aliphatic carbocycles. The van der Waals surface area contributed by atoms with Crippen LogP contribution in [0.1, 0.15) is 65.7 Å². The number of ether oxygens (including phenoxy) is 2. The highest BCUT2D eigenvalue weighted by Gasteiger charge is 2.46. The molecule has 7 nitrogen and oxygen atoms in total. The van der Waals surface area contributed by atoms with Crippen LogP contribution in [0.2, 0.25) is 0 Å². The van der Waals surface area contributed by atoms with Crippen molar-refractivity contribution in [2.45, 2.75) is 70.3 Å². The predicted octanol–water partition coefficient (Wildman–Crippen LogP) is 5.90. The minimum atomic E-state index is -0.480. The quantitative estimate of drug-likeness (QED) is 0.471. The van der Waals surface area contributed by atoms with Crippen LogP contribution >= 0.6 is 24.2 Å². The standard InChI is InChI=1S/C29H36N2O5S.ClH/c1-16-17(2)25-23(18(3)24(16)32)22(29(4,5)36-25)14-31-13-7-8-20(31)15-35-21-11-9-19(10-12-21)26-27(33)30(6)28(34)37-26;/h9-12,20,22,26,32H,7-8,13-15H2,1-6H3;1H/t20-,22?,26?;/m0./s1. The lowest BCUT2D eigenvalue weighted by Crippen LogP contribution is -2.42. The molecule has 3 atom stereocenters. The summed E-state index contributed by atoms with van der Waals surface area (Å²) in [6.45, 7) is 12.7. The van der Waals surface area contributed by atoms with Gasteiger partial charge in [-0.05, 0) is 100 Å². The van der Waals surface area contributed by atoms with Crippen LogP contribution in [-0.2, 0) is 4.79 Å². The van der Waals surface area contributed by atoms with Crippen LogP contribution in [0.25, 0.3) is 0 Å². The number of hydrogen-bond acceptors (Lipinski definition) is 7. The Morgan fingerprint density at radius 3 is 2.42 bits per heavy atom. The topological polar surface area (TPSA) is 79.3 Å². The van der Waals surface area contributed by atoms with Gasteiger partial charge < -0.3 is 14.6 Å². The first-order valence-electron chi connectivity index (χ1n) is 13.0. The Labute approximate surface area is 235 Å². The number of fused-ring (bicyclic) bond motifs is 1. The number of rotatable bonds is 6. The zero-order valence-electron chi connectivity index (χ0n) is 22.9. The lowest BCUT2D eigenvalue weighted by atomic mass is 9.82. The zero-order chi connectivity index (χ0) is 26.6. The summed E-state index contributed by atoms with van der Waals surface area (Å²) in [7, 11) is 1.52. The van der Waals surface area contributed by atoms with Crippen LogP contribution in [0, 0.1) is 20.8 Å². The molecule has 3 heterocycles. The number of imide groups is 1. The van der Waals surface area contributed by atoms with E-state index in [2.05, 4.69) is 18.7 Å². The SMILES string of the molecule is Cc1c(C)c2c(c(C)c1O)C(CN1CCC[C@H]1COc1ccc(C3SC(=O)N(C)C3=O)cc1)C(C)(C)O2.Cl. The van der Waals surface area contributed by atoms with Crippen LogP contribution in [0.3, 0.4) is 0 Å². The van der Waals surface area contributed by atoms with Crippen LogP contribution in [0.5, 0.6) is 17.2 Å². The minimum Gasteiger partial charge on any atom is -0.507 e. The molecule has 0 bridgehead atoms. The summed E-state index contributed by atoms with van der Waals surface area (Å²) in [5.41, 5.74) is 4.41. The van der Waals surface area contributed by atoms with Crippen molar-refractivity contribution in [2.75, 3.05) is 26.7 Å². The first-order valence-corrected chi connectivity index (χ1v) is 13.8. The zero-order valence-corrected chi connectivity index (χ0v) is 24.5. The molecule has 0 saturated carbocycles. The number of benzene rings is 2. The van der Waals surface area contributed by atoms with Crippen LogP contribution in [-0.4, -0.2) is 64.4 Å². The molecule has 2 fully saturated rings. The van der Waals surface area contributed by atoms with E-state index < -0.39 is 5.25 Å². The van der Waals surface area contributed by atoms with Crippen LogP contribution in [0.4, 0.5) is 4.79 Å². The van der Waals surface area contributed by atoms with Gasteiger partial charge in [0.25, 0.3) is 5.24 Å². The smallest absolute Gasteiger partial charge is 0.289 e. The molecule has 2 saturated heterocycles. The number of likely N-dealkylation sites (N-methyl/N-ethyl adjacent to an activating group) is 1. The second kappa shape index (κ2) is 10.6. The summed E-state index contributed by atoms with van der Waals surface area (Å²) in [4.78, 5) is 27.8. The molecule has 2 aromatic carbocycles. The molecule has 5 rings (SSSR count). The second-order valence-electron chi connectivity index (χ2n) is 11.1. The van der Waals surface area contributed by atoms with Gasteiger partial charge in [-0.1, -0.05) is 12.1 Å². The third-order valence-electron chi connectivity index (χ3n) is 8.40. The third kappa shape index (κ3) is 4.87. The summed E-state index contributed by atoms with van der Waals surface area (Å²) in [5, 5.41) is 10.1. The maximum atomic E-state index is 12.3. The molecule has 0 spiro atoms. The number of carbonyl (C=O) groups is 2. The van der Waals surface area contributed by atoms with E-state index in [1.54, 1.807) is 0 Å². The molecule has 3 aliphatic heterocycles. The fourth-order valence-electron chi connectivity index (χ4n) is 5.87. The fraction of sp³-hybridized carbons (Fsp3) is 0.517. The lowest BCUT2D eigenvalue weighted by Gasteiger charge is -2.33. The maximum absolute atomic E-state index is 12.3. The molecular weight excluding hydrogens is 524 g/mol. The molecule has 2 aromatic rings. The Morgan fingerprint density at radius 2 is 1.79 bits per heavy atom. The predicted molar refractivity (Wildman–Crippen MR) is 152 cm³/mol. The average molecular weight is 561 g/mol. The second-order valence-corrected chi connectivity index (χ2v) is 12.1.